The number of nitriles is 1. The fourth-order valence-electron chi connectivity index (χ4n) is 2.15. The number of hydrogen-bond acceptors (Lipinski definition) is 3. The van der Waals surface area contributed by atoms with E-state index in [9.17, 15) is 13.2 Å². The Hall–Kier alpha value is -1.74. The second-order valence-corrected chi connectivity index (χ2v) is 4.91. The number of hydrogen-bond donors (Lipinski definition) is 1. The summed E-state index contributed by atoms with van der Waals surface area (Å²) < 4.78 is 44.2. The van der Waals surface area contributed by atoms with Crippen LogP contribution in [0.15, 0.2) is 18.2 Å². The Morgan fingerprint density at radius 2 is 2.15 bits per heavy atom. The molecule has 1 atom stereocenters. The van der Waals surface area contributed by atoms with Crippen molar-refractivity contribution >= 4 is 5.69 Å². The van der Waals surface area contributed by atoms with Crippen molar-refractivity contribution in [2.75, 3.05) is 19.0 Å². The van der Waals surface area contributed by atoms with E-state index < -0.39 is 11.7 Å². The summed E-state index contributed by atoms with van der Waals surface area (Å²) >= 11 is 0. The Bertz CT molecular complexity index is 518. The van der Waals surface area contributed by atoms with Gasteiger partial charge in [0.2, 0.25) is 0 Å². The van der Waals surface area contributed by atoms with E-state index in [1.165, 1.54) is 19.2 Å². The maximum absolute atomic E-state index is 13.0. The van der Waals surface area contributed by atoms with Crippen molar-refractivity contribution in [2.24, 2.45) is 5.92 Å². The van der Waals surface area contributed by atoms with Crippen LogP contribution in [0.25, 0.3) is 0 Å². The van der Waals surface area contributed by atoms with Crippen LogP contribution < -0.4 is 5.32 Å². The molecule has 1 aromatic carbocycles. The van der Waals surface area contributed by atoms with Crippen LogP contribution in [0.2, 0.25) is 0 Å². The molecule has 0 aromatic heterocycles. The van der Waals surface area contributed by atoms with Crippen LogP contribution in [0.4, 0.5) is 18.9 Å². The van der Waals surface area contributed by atoms with Gasteiger partial charge in [0, 0.05) is 12.8 Å². The molecule has 3 nitrogen and oxygen atoms in total. The zero-order valence-electron chi connectivity index (χ0n) is 11.0. The van der Waals surface area contributed by atoms with Crippen molar-refractivity contribution in [1.29, 1.82) is 5.26 Å². The van der Waals surface area contributed by atoms with Gasteiger partial charge >= 0.3 is 6.18 Å². The first-order chi connectivity index (χ1) is 9.45. The van der Waals surface area contributed by atoms with Crippen molar-refractivity contribution in [3.63, 3.8) is 0 Å². The van der Waals surface area contributed by atoms with Gasteiger partial charge < -0.3 is 10.1 Å². The first-order valence-corrected chi connectivity index (χ1v) is 6.32. The molecule has 0 radical (unpaired) electrons. The van der Waals surface area contributed by atoms with E-state index in [2.05, 4.69) is 5.32 Å². The molecule has 1 aliphatic rings. The SMILES string of the molecule is COCC(Nc1ccc(C#N)cc1C(F)(F)F)C1CC1. The largest absolute Gasteiger partial charge is 0.418 e. The van der Waals surface area contributed by atoms with Gasteiger partial charge in [-0.15, -0.1) is 0 Å². The molecule has 2 rings (SSSR count). The van der Waals surface area contributed by atoms with Gasteiger partial charge in [-0.25, -0.2) is 0 Å². The number of methoxy groups -OCH3 is 1. The summed E-state index contributed by atoms with van der Waals surface area (Å²) in [5.74, 6) is 0.353. The molecule has 1 saturated carbocycles. The van der Waals surface area contributed by atoms with Gasteiger partial charge in [-0.05, 0) is 37.0 Å². The molecule has 1 aromatic rings. The van der Waals surface area contributed by atoms with Crippen LogP contribution in [0.3, 0.4) is 0 Å². The first-order valence-electron chi connectivity index (χ1n) is 6.32. The van der Waals surface area contributed by atoms with E-state index in [-0.39, 0.29) is 17.3 Å². The minimum atomic E-state index is -4.49. The smallest absolute Gasteiger partial charge is 0.383 e. The third-order valence-corrected chi connectivity index (χ3v) is 3.33. The van der Waals surface area contributed by atoms with Crippen molar-refractivity contribution in [2.45, 2.75) is 25.1 Å². The van der Waals surface area contributed by atoms with Crippen molar-refractivity contribution < 1.29 is 17.9 Å². The summed E-state index contributed by atoms with van der Waals surface area (Å²) in [6.07, 6.45) is -2.49. The van der Waals surface area contributed by atoms with Gasteiger partial charge in [0.1, 0.15) is 0 Å². The first kappa shape index (κ1) is 14.7. The summed E-state index contributed by atoms with van der Waals surface area (Å²) in [6.45, 7) is 0.363. The molecule has 0 bridgehead atoms. The van der Waals surface area contributed by atoms with Crippen LogP contribution in [0, 0.1) is 17.2 Å². The highest BCUT2D eigenvalue weighted by Crippen LogP contribution is 2.39. The Balaban J connectivity index is 2.28. The van der Waals surface area contributed by atoms with Crippen LogP contribution in [0.5, 0.6) is 0 Å². The molecule has 0 spiro atoms. The minimum absolute atomic E-state index is 0.00223. The van der Waals surface area contributed by atoms with E-state index in [0.29, 0.717) is 12.5 Å². The maximum Gasteiger partial charge on any atom is 0.418 e. The Labute approximate surface area is 115 Å². The van der Waals surface area contributed by atoms with Crippen molar-refractivity contribution in [1.82, 2.24) is 0 Å². The summed E-state index contributed by atoms with van der Waals surface area (Å²) in [5, 5.41) is 11.6. The monoisotopic (exact) mass is 284 g/mol. The van der Waals surface area contributed by atoms with Crippen LogP contribution in [0.1, 0.15) is 24.0 Å². The average molecular weight is 284 g/mol. The van der Waals surface area contributed by atoms with E-state index in [1.807, 2.05) is 0 Å². The molecule has 20 heavy (non-hydrogen) atoms. The lowest BCUT2D eigenvalue weighted by Crippen LogP contribution is -2.28. The fourth-order valence-corrected chi connectivity index (χ4v) is 2.15. The number of nitrogens with one attached hydrogen (secondary N) is 1. The summed E-state index contributed by atoms with van der Waals surface area (Å²) in [6, 6.07) is 5.17. The predicted octanol–water partition coefficient (Wildman–Crippen LogP) is 3.41. The summed E-state index contributed by atoms with van der Waals surface area (Å²) in [7, 11) is 1.53. The summed E-state index contributed by atoms with van der Waals surface area (Å²) in [5.41, 5.74) is -0.804. The normalized spacial score (nSPS) is 16.6. The topological polar surface area (TPSA) is 45.0 Å². The van der Waals surface area contributed by atoms with Gasteiger partial charge in [0.05, 0.1) is 29.8 Å². The van der Waals surface area contributed by atoms with Gasteiger partial charge in [-0.3, -0.25) is 0 Å². The van der Waals surface area contributed by atoms with E-state index >= 15 is 0 Å². The maximum atomic E-state index is 13.0. The number of rotatable bonds is 5. The van der Waals surface area contributed by atoms with Crippen LogP contribution in [-0.4, -0.2) is 19.8 Å². The quantitative estimate of drug-likeness (QED) is 0.901. The highest BCUT2D eigenvalue weighted by Gasteiger charge is 2.36. The van der Waals surface area contributed by atoms with E-state index in [4.69, 9.17) is 10.00 Å². The van der Waals surface area contributed by atoms with Crippen LogP contribution in [-0.2, 0) is 10.9 Å². The second kappa shape index (κ2) is 5.71. The van der Waals surface area contributed by atoms with Gasteiger partial charge in [-0.1, -0.05) is 0 Å². The molecule has 0 amide bonds. The Morgan fingerprint density at radius 1 is 1.45 bits per heavy atom. The molecule has 1 aliphatic carbocycles. The number of ether oxygens (including phenoxy) is 1. The van der Waals surface area contributed by atoms with Crippen molar-refractivity contribution in [3.8, 4) is 6.07 Å². The molecule has 0 saturated heterocycles. The van der Waals surface area contributed by atoms with E-state index in [0.717, 1.165) is 18.9 Å². The third-order valence-electron chi connectivity index (χ3n) is 3.33. The number of halogens is 3. The van der Waals surface area contributed by atoms with Gasteiger partial charge in [0.15, 0.2) is 0 Å². The lowest BCUT2D eigenvalue weighted by molar-refractivity contribution is -0.137. The van der Waals surface area contributed by atoms with Crippen molar-refractivity contribution in [3.05, 3.63) is 29.3 Å². The molecule has 1 unspecified atom stereocenters. The molecular formula is C14H15F3N2O. The fraction of sp³-hybridized carbons (Fsp3) is 0.500. The number of anilines is 1. The minimum Gasteiger partial charge on any atom is -0.383 e. The second-order valence-electron chi connectivity index (χ2n) is 4.91. The molecule has 1 fully saturated rings. The third kappa shape index (κ3) is 3.42. The Morgan fingerprint density at radius 3 is 2.65 bits per heavy atom. The molecule has 0 aliphatic heterocycles. The van der Waals surface area contributed by atoms with Gasteiger partial charge in [-0.2, -0.15) is 18.4 Å². The molecular weight excluding hydrogens is 269 g/mol. The molecule has 1 N–H and O–H groups in total. The summed E-state index contributed by atoms with van der Waals surface area (Å²) in [4.78, 5) is 0. The van der Waals surface area contributed by atoms with Gasteiger partial charge in [0.25, 0.3) is 0 Å². The highest BCUT2D eigenvalue weighted by atomic mass is 19.4. The molecule has 6 heteroatoms. The molecule has 108 valence electrons. The zero-order chi connectivity index (χ0) is 14.8. The standard InChI is InChI=1S/C14H15F3N2O/c1-20-8-13(10-3-4-10)19-12-5-2-9(7-18)6-11(12)14(15,16)17/h2,5-6,10,13,19H,3-4,8H2,1H3. The number of nitrogens with zero attached hydrogens (tertiary/aromatic N) is 1. The zero-order valence-corrected chi connectivity index (χ0v) is 11.0. The van der Waals surface area contributed by atoms with Crippen LogP contribution >= 0.6 is 0 Å². The lowest BCUT2D eigenvalue weighted by Gasteiger charge is -2.22. The average Bonchev–Trinajstić information content (AvgIpc) is 3.21. The highest BCUT2D eigenvalue weighted by molar-refractivity contribution is 5.56. The number of benzene rings is 1. The lowest BCUT2D eigenvalue weighted by atomic mass is 10.1. The Kier molecular flexibility index (Phi) is 4.19. The van der Waals surface area contributed by atoms with E-state index in [1.54, 1.807) is 6.07 Å². The number of alkyl halides is 3. The molecule has 0 heterocycles. The predicted molar refractivity (Wildman–Crippen MR) is 68.2 cm³/mol.